The Hall–Kier alpha value is -1.03. The van der Waals surface area contributed by atoms with E-state index in [2.05, 4.69) is 15.9 Å². The van der Waals surface area contributed by atoms with E-state index in [-0.39, 0.29) is 6.04 Å². The summed E-state index contributed by atoms with van der Waals surface area (Å²) in [7, 11) is 0. The highest BCUT2D eigenvalue weighted by molar-refractivity contribution is 9.10. The fourth-order valence-electron chi connectivity index (χ4n) is 1.53. The van der Waals surface area contributed by atoms with Gasteiger partial charge in [-0.05, 0) is 52.7 Å². The molecule has 0 unspecified atom stereocenters. The highest BCUT2D eigenvalue weighted by Gasteiger charge is 2.08. The molecule has 4 heteroatoms. The van der Waals surface area contributed by atoms with Gasteiger partial charge in [0, 0.05) is 6.04 Å². The second kappa shape index (κ2) is 5.74. The zero-order valence-corrected chi connectivity index (χ0v) is 12.2. The number of ether oxygens (including phenoxy) is 1. The molecule has 0 radical (unpaired) electrons. The molecule has 2 aromatic carbocycles. The minimum absolute atomic E-state index is 0.0417. The molecule has 0 heterocycles. The molecule has 0 aromatic heterocycles. The Bertz CT molecular complexity index is 557. The summed E-state index contributed by atoms with van der Waals surface area (Å²) in [4.78, 5) is 0. The van der Waals surface area contributed by atoms with Crippen molar-refractivity contribution >= 4 is 27.5 Å². The monoisotopic (exact) mass is 325 g/mol. The number of hydrogen-bond donors (Lipinski definition) is 1. The van der Waals surface area contributed by atoms with Gasteiger partial charge in [0.25, 0.3) is 0 Å². The molecule has 2 rings (SSSR count). The fourth-order valence-corrected chi connectivity index (χ4v) is 2.12. The van der Waals surface area contributed by atoms with Crippen LogP contribution in [0.1, 0.15) is 18.5 Å². The quantitative estimate of drug-likeness (QED) is 0.869. The number of benzene rings is 2. The Morgan fingerprint density at radius 1 is 1.17 bits per heavy atom. The van der Waals surface area contributed by atoms with Crippen LogP contribution in [0.3, 0.4) is 0 Å². The zero-order chi connectivity index (χ0) is 13.1. The maximum absolute atomic E-state index is 6.18. The molecule has 0 bridgehead atoms. The fraction of sp³-hybridized carbons (Fsp3) is 0.143. The molecule has 1 atom stereocenters. The van der Waals surface area contributed by atoms with Crippen molar-refractivity contribution in [2.75, 3.05) is 0 Å². The van der Waals surface area contributed by atoms with Crippen LogP contribution >= 0.6 is 27.5 Å². The van der Waals surface area contributed by atoms with E-state index in [0.717, 1.165) is 15.8 Å². The van der Waals surface area contributed by atoms with Crippen LogP contribution in [-0.4, -0.2) is 0 Å². The van der Waals surface area contributed by atoms with E-state index in [4.69, 9.17) is 22.1 Å². The number of hydrogen-bond acceptors (Lipinski definition) is 2. The van der Waals surface area contributed by atoms with Crippen LogP contribution in [0.2, 0.25) is 5.02 Å². The molecular weight excluding hydrogens is 314 g/mol. The third-order valence-electron chi connectivity index (χ3n) is 2.54. The van der Waals surface area contributed by atoms with E-state index in [1.807, 2.05) is 49.4 Å². The first-order chi connectivity index (χ1) is 8.58. The van der Waals surface area contributed by atoms with E-state index in [9.17, 15) is 0 Å². The van der Waals surface area contributed by atoms with E-state index in [1.54, 1.807) is 0 Å². The van der Waals surface area contributed by atoms with E-state index < -0.39 is 0 Å². The summed E-state index contributed by atoms with van der Waals surface area (Å²) < 4.78 is 6.64. The molecule has 2 nitrogen and oxygen atoms in total. The summed E-state index contributed by atoms with van der Waals surface area (Å²) in [5.41, 5.74) is 6.79. The molecule has 0 spiro atoms. The van der Waals surface area contributed by atoms with E-state index >= 15 is 0 Å². The number of rotatable bonds is 3. The SMILES string of the molecule is C[C@H](N)c1ccc(Oc2ccccc2Br)c(Cl)c1. The molecule has 0 saturated carbocycles. The van der Waals surface area contributed by atoms with Gasteiger partial charge in [-0.1, -0.05) is 29.8 Å². The number of nitrogens with two attached hydrogens (primary N) is 1. The van der Waals surface area contributed by atoms with Crippen molar-refractivity contribution in [3.63, 3.8) is 0 Å². The molecule has 0 aliphatic heterocycles. The summed E-state index contributed by atoms with van der Waals surface area (Å²) in [5, 5.41) is 0.556. The molecule has 0 aliphatic carbocycles. The van der Waals surface area contributed by atoms with Gasteiger partial charge in [-0.2, -0.15) is 0 Å². The summed E-state index contributed by atoms with van der Waals surface area (Å²) in [6.45, 7) is 1.92. The molecule has 0 fully saturated rings. The summed E-state index contributed by atoms with van der Waals surface area (Å²) in [6.07, 6.45) is 0. The largest absolute Gasteiger partial charge is 0.455 e. The van der Waals surface area contributed by atoms with Gasteiger partial charge in [-0.3, -0.25) is 0 Å². The van der Waals surface area contributed by atoms with Crippen LogP contribution in [0, 0.1) is 0 Å². The van der Waals surface area contributed by atoms with Crippen molar-refractivity contribution in [2.45, 2.75) is 13.0 Å². The van der Waals surface area contributed by atoms with Gasteiger partial charge in [0.15, 0.2) is 0 Å². The summed E-state index contributed by atoms with van der Waals surface area (Å²) >= 11 is 9.61. The van der Waals surface area contributed by atoms with Gasteiger partial charge in [0.05, 0.1) is 9.50 Å². The summed E-state index contributed by atoms with van der Waals surface area (Å²) in [5.74, 6) is 1.35. The average Bonchev–Trinajstić information content (AvgIpc) is 2.34. The van der Waals surface area contributed by atoms with Gasteiger partial charge < -0.3 is 10.5 Å². The molecule has 18 heavy (non-hydrogen) atoms. The number of para-hydroxylation sites is 1. The molecular formula is C14H13BrClNO. The molecule has 0 amide bonds. The molecule has 0 aliphatic rings. The normalized spacial score (nSPS) is 12.2. The van der Waals surface area contributed by atoms with E-state index in [0.29, 0.717) is 10.8 Å². The van der Waals surface area contributed by atoms with Gasteiger partial charge in [-0.25, -0.2) is 0 Å². The minimum atomic E-state index is -0.0417. The van der Waals surface area contributed by atoms with Crippen molar-refractivity contribution in [1.82, 2.24) is 0 Å². The van der Waals surface area contributed by atoms with Gasteiger partial charge in [-0.15, -0.1) is 0 Å². The Kier molecular flexibility index (Phi) is 4.27. The smallest absolute Gasteiger partial charge is 0.146 e. The molecule has 0 saturated heterocycles. The lowest BCUT2D eigenvalue weighted by molar-refractivity contribution is 0.479. The Morgan fingerprint density at radius 3 is 2.50 bits per heavy atom. The highest BCUT2D eigenvalue weighted by atomic mass is 79.9. The number of halogens is 2. The van der Waals surface area contributed by atoms with Crippen molar-refractivity contribution in [3.8, 4) is 11.5 Å². The molecule has 94 valence electrons. The van der Waals surface area contributed by atoms with Gasteiger partial charge >= 0.3 is 0 Å². The molecule has 2 N–H and O–H groups in total. The van der Waals surface area contributed by atoms with Crippen molar-refractivity contribution in [1.29, 1.82) is 0 Å². The zero-order valence-electron chi connectivity index (χ0n) is 9.86. The third-order valence-corrected chi connectivity index (χ3v) is 3.49. The topological polar surface area (TPSA) is 35.2 Å². The van der Waals surface area contributed by atoms with Gasteiger partial charge in [0.1, 0.15) is 11.5 Å². The lowest BCUT2D eigenvalue weighted by Gasteiger charge is -2.11. The van der Waals surface area contributed by atoms with E-state index in [1.165, 1.54) is 0 Å². The second-order valence-corrected chi connectivity index (χ2v) is 5.27. The first-order valence-corrected chi connectivity index (χ1v) is 6.72. The van der Waals surface area contributed by atoms with Crippen LogP contribution in [0.4, 0.5) is 0 Å². The van der Waals surface area contributed by atoms with Crippen LogP contribution in [-0.2, 0) is 0 Å². The second-order valence-electron chi connectivity index (χ2n) is 4.01. The summed E-state index contributed by atoms with van der Waals surface area (Å²) in [6, 6.07) is 13.2. The van der Waals surface area contributed by atoms with Crippen molar-refractivity contribution in [2.24, 2.45) is 5.73 Å². The highest BCUT2D eigenvalue weighted by Crippen LogP contribution is 2.34. The van der Waals surface area contributed by atoms with Crippen molar-refractivity contribution in [3.05, 3.63) is 57.5 Å². The van der Waals surface area contributed by atoms with Crippen LogP contribution in [0.5, 0.6) is 11.5 Å². The van der Waals surface area contributed by atoms with Crippen LogP contribution in [0.15, 0.2) is 46.9 Å². The Labute approximate surface area is 120 Å². The standard InChI is InChI=1S/C14H13BrClNO/c1-9(17)10-6-7-14(12(16)8-10)18-13-5-3-2-4-11(13)15/h2-9H,17H2,1H3/t9-/m0/s1. The Balaban J connectivity index is 2.28. The maximum Gasteiger partial charge on any atom is 0.146 e. The first kappa shape index (κ1) is 13.4. The first-order valence-electron chi connectivity index (χ1n) is 5.55. The van der Waals surface area contributed by atoms with Crippen molar-refractivity contribution < 1.29 is 4.74 Å². The van der Waals surface area contributed by atoms with Crippen LogP contribution in [0.25, 0.3) is 0 Å². The van der Waals surface area contributed by atoms with Gasteiger partial charge in [0.2, 0.25) is 0 Å². The minimum Gasteiger partial charge on any atom is -0.455 e. The molecule has 2 aromatic rings. The predicted octanol–water partition coefficient (Wildman–Crippen LogP) is 4.91. The Morgan fingerprint density at radius 2 is 1.89 bits per heavy atom. The lowest BCUT2D eigenvalue weighted by atomic mass is 10.1. The van der Waals surface area contributed by atoms with Crippen LogP contribution < -0.4 is 10.5 Å². The third kappa shape index (κ3) is 3.05. The maximum atomic E-state index is 6.18. The lowest BCUT2D eigenvalue weighted by Crippen LogP contribution is -2.04. The predicted molar refractivity (Wildman–Crippen MR) is 78.3 cm³/mol. The average molecular weight is 327 g/mol.